The van der Waals surface area contributed by atoms with Gasteiger partial charge in [0, 0.05) is 31.2 Å². The first-order chi connectivity index (χ1) is 13.2. The molecule has 0 spiro atoms. The lowest BCUT2D eigenvalue weighted by Crippen LogP contribution is -2.44. The van der Waals surface area contributed by atoms with Gasteiger partial charge in [0.2, 0.25) is 5.91 Å². The Balaban J connectivity index is 0.00000392. The lowest BCUT2D eigenvalue weighted by molar-refractivity contribution is -0.116. The van der Waals surface area contributed by atoms with Crippen molar-refractivity contribution in [3.63, 3.8) is 0 Å². The van der Waals surface area contributed by atoms with Crippen LogP contribution in [0.1, 0.15) is 52.0 Å². The molecule has 0 radical (unpaired) electrons. The van der Waals surface area contributed by atoms with Crippen LogP contribution in [0.15, 0.2) is 29.3 Å². The zero-order chi connectivity index (χ0) is 19.5. The maximum absolute atomic E-state index is 11.8. The van der Waals surface area contributed by atoms with Gasteiger partial charge in [-0.15, -0.1) is 24.0 Å². The van der Waals surface area contributed by atoms with E-state index in [4.69, 9.17) is 4.99 Å². The van der Waals surface area contributed by atoms with Gasteiger partial charge < -0.3 is 16.0 Å². The van der Waals surface area contributed by atoms with Gasteiger partial charge in [0.25, 0.3) is 0 Å². The Morgan fingerprint density at radius 3 is 2.79 bits per heavy atom. The number of halogens is 1. The lowest BCUT2D eigenvalue weighted by Gasteiger charge is -2.24. The molecule has 1 heterocycles. The number of benzene rings is 1. The number of nitrogens with one attached hydrogen (secondary N) is 3. The zero-order valence-electron chi connectivity index (χ0n) is 17.5. The molecule has 1 aliphatic heterocycles. The van der Waals surface area contributed by atoms with Gasteiger partial charge in [0.1, 0.15) is 0 Å². The van der Waals surface area contributed by atoms with Gasteiger partial charge in [-0.05, 0) is 57.0 Å². The average Bonchev–Trinajstić information content (AvgIpc) is 3.12. The van der Waals surface area contributed by atoms with Crippen LogP contribution in [-0.2, 0) is 11.3 Å². The van der Waals surface area contributed by atoms with Gasteiger partial charge in [0.15, 0.2) is 5.96 Å². The Hall–Kier alpha value is -1.35. The molecule has 2 rings (SSSR count). The molecule has 1 aromatic rings. The maximum Gasteiger partial charge on any atom is 0.224 e. The van der Waals surface area contributed by atoms with E-state index in [-0.39, 0.29) is 29.9 Å². The van der Waals surface area contributed by atoms with Crippen molar-refractivity contribution >= 4 is 41.5 Å². The van der Waals surface area contributed by atoms with Crippen LogP contribution in [0.25, 0.3) is 0 Å². The molecule has 1 atom stereocenters. The largest absolute Gasteiger partial charge is 0.357 e. The second-order valence-corrected chi connectivity index (χ2v) is 7.00. The van der Waals surface area contributed by atoms with Crippen LogP contribution >= 0.6 is 24.0 Å². The number of carbonyl (C=O) groups is 1. The molecular formula is C21H36IN5O. The summed E-state index contributed by atoms with van der Waals surface area (Å²) in [5.41, 5.74) is 1.92. The molecule has 0 aromatic heterocycles. The first-order valence-electron chi connectivity index (χ1n) is 10.3. The summed E-state index contributed by atoms with van der Waals surface area (Å²) in [6, 6.07) is 8.51. The Morgan fingerprint density at radius 2 is 2.07 bits per heavy atom. The summed E-state index contributed by atoms with van der Waals surface area (Å²) in [7, 11) is 0. The Kier molecular flexibility index (Phi) is 12.1. The third-order valence-electron chi connectivity index (χ3n) is 4.86. The number of nitrogens with zero attached hydrogens (tertiary/aromatic N) is 2. The summed E-state index contributed by atoms with van der Waals surface area (Å²) < 4.78 is 0. The van der Waals surface area contributed by atoms with E-state index in [1.54, 1.807) is 0 Å². The van der Waals surface area contributed by atoms with Crippen LogP contribution in [0.5, 0.6) is 0 Å². The first kappa shape index (κ1) is 24.7. The third kappa shape index (κ3) is 8.34. The van der Waals surface area contributed by atoms with Gasteiger partial charge >= 0.3 is 0 Å². The fourth-order valence-corrected chi connectivity index (χ4v) is 3.47. The number of rotatable bonds is 9. The normalized spacial score (nSPS) is 17.1. The molecule has 28 heavy (non-hydrogen) atoms. The Morgan fingerprint density at radius 1 is 1.25 bits per heavy atom. The number of likely N-dealkylation sites (tertiary alicyclic amines) is 1. The smallest absolute Gasteiger partial charge is 0.224 e. The van der Waals surface area contributed by atoms with Crippen molar-refractivity contribution in [3.8, 4) is 0 Å². The van der Waals surface area contributed by atoms with Crippen LogP contribution in [0.3, 0.4) is 0 Å². The average molecular weight is 501 g/mol. The monoisotopic (exact) mass is 501 g/mol. The molecule has 1 unspecified atom stereocenters. The third-order valence-corrected chi connectivity index (χ3v) is 4.86. The Labute approximate surface area is 187 Å². The van der Waals surface area contributed by atoms with Gasteiger partial charge in [-0.25, -0.2) is 4.99 Å². The van der Waals surface area contributed by atoms with E-state index in [0.29, 0.717) is 19.0 Å². The van der Waals surface area contributed by atoms with E-state index in [0.717, 1.165) is 43.3 Å². The second-order valence-electron chi connectivity index (χ2n) is 7.00. The number of hydrogen-bond donors (Lipinski definition) is 3. The van der Waals surface area contributed by atoms with E-state index >= 15 is 0 Å². The van der Waals surface area contributed by atoms with Crippen LogP contribution in [0, 0.1) is 0 Å². The lowest BCUT2D eigenvalue weighted by atomic mass is 10.2. The zero-order valence-corrected chi connectivity index (χ0v) is 19.8. The quantitative estimate of drug-likeness (QED) is 0.275. The standard InChI is InChI=1S/C21H35N5O.HI/c1-4-9-20(27)25-18-11-7-10-17(14-18)15-23-21(22-5-2)24-16-19-12-8-13-26(19)6-3;/h7,10-11,14,19H,4-6,8-9,12-13,15-16H2,1-3H3,(H,25,27)(H2,22,23,24);1H. The van der Waals surface area contributed by atoms with E-state index in [9.17, 15) is 4.79 Å². The van der Waals surface area contributed by atoms with Crippen LogP contribution in [-0.4, -0.2) is 49.0 Å². The summed E-state index contributed by atoms with van der Waals surface area (Å²) in [6.07, 6.45) is 3.93. The van der Waals surface area contributed by atoms with Crippen LogP contribution in [0.2, 0.25) is 0 Å². The predicted molar refractivity (Wildman–Crippen MR) is 128 cm³/mol. The van der Waals surface area contributed by atoms with Gasteiger partial charge in [-0.3, -0.25) is 9.69 Å². The van der Waals surface area contributed by atoms with Crippen molar-refractivity contribution in [3.05, 3.63) is 29.8 Å². The van der Waals surface area contributed by atoms with E-state index < -0.39 is 0 Å². The molecule has 1 aliphatic rings. The predicted octanol–water partition coefficient (Wildman–Crippen LogP) is 3.58. The Bertz CT molecular complexity index is 623. The van der Waals surface area contributed by atoms with Crippen LogP contribution in [0.4, 0.5) is 5.69 Å². The van der Waals surface area contributed by atoms with E-state index in [1.165, 1.54) is 19.4 Å². The second kappa shape index (κ2) is 13.8. The van der Waals surface area contributed by atoms with Crippen molar-refractivity contribution in [1.82, 2.24) is 15.5 Å². The molecule has 7 heteroatoms. The summed E-state index contributed by atoms with van der Waals surface area (Å²) in [5.74, 6) is 0.908. The highest BCUT2D eigenvalue weighted by Gasteiger charge is 2.22. The van der Waals surface area contributed by atoms with Gasteiger partial charge in [-0.2, -0.15) is 0 Å². The van der Waals surface area contributed by atoms with Gasteiger partial charge in [-0.1, -0.05) is 26.0 Å². The number of amides is 1. The van der Waals surface area contributed by atoms with Crippen molar-refractivity contribution in [2.75, 3.05) is 31.5 Å². The molecular weight excluding hydrogens is 465 g/mol. The molecule has 1 aromatic carbocycles. The maximum atomic E-state index is 11.8. The SMILES string of the molecule is CCCC(=O)Nc1cccc(CN=C(NCC)NCC2CCCN2CC)c1.I. The van der Waals surface area contributed by atoms with Crippen molar-refractivity contribution in [2.45, 2.75) is 59.0 Å². The highest BCUT2D eigenvalue weighted by atomic mass is 127. The molecule has 3 N–H and O–H groups in total. The number of likely N-dealkylation sites (N-methyl/N-ethyl adjacent to an activating group) is 1. The van der Waals surface area contributed by atoms with E-state index in [2.05, 4.69) is 34.7 Å². The summed E-state index contributed by atoms with van der Waals surface area (Å²) in [5, 5.41) is 9.76. The number of guanidine groups is 1. The fraction of sp³-hybridized carbons (Fsp3) is 0.619. The number of hydrogen-bond acceptors (Lipinski definition) is 3. The molecule has 1 fully saturated rings. The van der Waals surface area contributed by atoms with Crippen molar-refractivity contribution in [1.29, 1.82) is 0 Å². The topological polar surface area (TPSA) is 68.8 Å². The fourth-order valence-electron chi connectivity index (χ4n) is 3.47. The summed E-state index contributed by atoms with van der Waals surface area (Å²) in [4.78, 5) is 19.0. The van der Waals surface area contributed by atoms with Crippen molar-refractivity contribution in [2.24, 2.45) is 4.99 Å². The summed E-state index contributed by atoms with van der Waals surface area (Å²) >= 11 is 0. The number of aliphatic imine (C=N–C) groups is 1. The minimum absolute atomic E-state index is 0. The number of carbonyl (C=O) groups excluding carboxylic acids is 1. The molecule has 1 saturated heterocycles. The minimum atomic E-state index is 0. The molecule has 1 amide bonds. The molecule has 6 nitrogen and oxygen atoms in total. The van der Waals surface area contributed by atoms with Crippen molar-refractivity contribution < 1.29 is 4.79 Å². The first-order valence-corrected chi connectivity index (χ1v) is 10.3. The summed E-state index contributed by atoms with van der Waals surface area (Å²) in [6.45, 7) is 11.0. The highest BCUT2D eigenvalue weighted by Crippen LogP contribution is 2.15. The van der Waals surface area contributed by atoms with E-state index in [1.807, 2.05) is 31.2 Å². The molecule has 0 bridgehead atoms. The highest BCUT2D eigenvalue weighted by molar-refractivity contribution is 14.0. The van der Waals surface area contributed by atoms with Gasteiger partial charge in [0.05, 0.1) is 6.54 Å². The molecule has 158 valence electrons. The number of anilines is 1. The molecule has 0 saturated carbocycles. The molecule has 0 aliphatic carbocycles. The minimum Gasteiger partial charge on any atom is -0.357 e. The van der Waals surface area contributed by atoms with Crippen LogP contribution < -0.4 is 16.0 Å².